The van der Waals surface area contributed by atoms with E-state index in [1.807, 2.05) is 18.2 Å². The fourth-order valence-electron chi connectivity index (χ4n) is 2.37. The molecule has 0 amide bonds. The highest BCUT2D eigenvalue weighted by atomic mass is 16.4. The van der Waals surface area contributed by atoms with Gasteiger partial charge in [0.05, 0.1) is 11.8 Å². The Morgan fingerprint density at radius 1 is 1.39 bits per heavy atom. The highest BCUT2D eigenvalue weighted by Gasteiger charge is 2.18. The van der Waals surface area contributed by atoms with E-state index < -0.39 is 0 Å². The molecule has 0 aliphatic carbocycles. The minimum absolute atomic E-state index is 0.583. The second kappa shape index (κ2) is 6.06. The van der Waals surface area contributed by atoms with Crippen LogP contribution < -0.4 is 4.90 Å². The molecule has 0 saturated heterocycles. The second-order valence-corrected chi connectivity index (χ2v) is 4.42. The van der Waals surface area contributed by atoms with Crippen molar-refractivity contribution in [3.8, 4) is 6.07 Å². The van der Waals surface area contributed by atoms with Gasteiger partial charge in [0.2, 0.25) is 0 Å². The van der Waals surface area contributed by atoms with Crippen LogP contribution in [0.3, 0.4) is 0 Å². The summed E-state index contributed by atoms with van der Waals surface area (Å²) in [6.07, 6.45) is 3.22. The van der Waals surface area contributed by atoms with E-state index >= 15 is 0 Å². The molecule has 4 nitrogen and oxygen atoms in total. The van der Waals surface area contributed by atoms with Crippen LogP contribution in [0.2, 0.25) is 0 Å². The van der Waals surface area contributed by atoms with Crippen molar-refractivity contribution < 1.29 is 5.21 Å². The first kappa shape index (κ1) is 12.4. The van der Waals surface area contributed by atoms with Gasteiger partial charge in [-0.05, 0) is 25.3 Å². The quantitative estimate of drug-likeness (QED) is 0.504. The predicted octanol–water partition coefficient (Wildman–Crippen LogP) is 2.77. The molecule has 0 fully saturated rings. The van der Waals surface area contributed by atoms with Crippen molar-refractivity contribution in [1.29, 1.82) is 5.26 Å². The van der Waals surface area contributed by atoms with E-state index in [0.29, 0.717) is 6.42 Å². The molecule has 1 aromatic rings. The third-order valence-corrected chi connectivity index (χ3v) is 3.23. The molecule has 0 bridgehead atoms. The van der Waals surface area contributed by atoms with Crippen molar-refractivity contribution in [1.82, 2.24) is 0 Å². The van der Waals surface area contributed by atoms with E-state index in [2.05, 4.69) is 22.2 Å². The Morgan fingerprint density at radius 2 is 2.22 bits per heavy atom. The summed E-state index contributed by atoms with van der Waals surface area (Å²) in [5.74, 6) is 0. The standard InChI is InChI=1S/C14H17N3O/c15-9-3-4-10-17-11-5-7-13(16-18)12-6-1-2-8-14(12)17/h1-2,6,8,18H,3-5,7,10-11H2/b16-13-. The molecule has 0 saturated carbocycles. The second-order valence-electron chi connectivity index (χ2n) is 4.42. The summed E-state index contributed by atoms with van der Waals surface area (Å²) in [6, 6.07) is 10.2. The maximum atomic E-state index is 9.09. The number of fused-ring (bicyclic) bond motifs is 1. The summed E-state index contributed by atoms with van der Waals surface area (Å²) in [5, 5.41) is 21.1. The van der Waals surface area contributed by atoms with Crippen LogP contribution in [0.5, 0.6) is 0 Å². The average Bonchev–Trinajstić information content (AvgIpc) is 2.59. The van der Waals surface area contributed by atoms with Gasteiger partial charge >= 0.3 is 0 Å². The van der Waals surface area contributed by atoms with Crippen molar-refractivity contribution in [2.75, 3.05) is 18.0 Å². The van der Waals surface area contributed by atoms with Crippen LogP contribution in [-0.4, -0.2) is 24.0 Å². The minimum atomic E-state index is 0.583. The molecule has 1 N–H and O–H groups in total. The van der Waals surface area contributed by atoms with Gasteiger partial charge < -0.3 is 10.1 Å². The molecule has 1 aromatic carbocycles. The van der Waals surface area contributed by atoms with Crippen LogP contribution in [0.15, 0.2) is 29.4 Å². The van der Waals surface area contributed by atoms with Gasteiger partial charge in [0.15, 0.2) is 0 Å². The Kier molecular flexibility index (Phi) is 4.19. The van der Waals surface area contributed by atoms with E-state index in [-0.39, 0.29) is 0 Å². The predicted molar refractivity (Wildman–Crippen MR) is 71.1 cm³/mol. The first-order valence-corrected chi connectivity index (χ1v) is 6.29. The SMILES string of the molecule is N#CCCCN1CCC/C(=N/O)c2ccccc21. The fraction of sp³-hybridized carbons (Fsp3) is 0.429. The number of anilines is 1. The van der Waals surface area contributed by atoms with Crippen LogP contribution >= 0.6 is 0 Å². The molecule has 0 unspecified atom stereocenters. The number of unbranched alkanes of at least 4 members (excludes halogenated alkanes) is 1. The molecule has 0 spiro atoms. The third-order valence-electron chi connectivity index (χ3n) is 3.23. The highest BCUT2D eigenvalue weighted by Crippen LogP contribution is 2.26. The van der Waals surface area contributed by atoms with Crippen molar-refractivity contribution >= 4 is 11.4 Å². The molecule has 0 atom stereocenters. The largest absolute Gasteiger partial charge is 0.411 e. The lowest BCUT2D eigenvalue weighted by Gasteiger charge is -2.24. The zero-order valence-electron chi connectivity index (χ0n) is 10.3. The third kappa shape index (κ3) is 2.62. The molecule has 0 aromatic heterocycles. The van der Waals surface area contributed by atoms with Gasteiger partial charge in [-0.2, -0.15) is 5.26 Å². The summed E-state index contributed by atoms with van der Waals surface area (Å²) in [6.45, 7) is 1.82. The van der Waals surface area contributed by atoms with Crippen LogP contribution in [0, 0.1) is 11.3 Å². The first-order chi connectivity index (χ1) is 8.86. The number of oxime groups is 1. The Balaban J connectivity index is 2.25. The lowest BCUT2D eigenvalue weighted by atomic mass is 10.1. The number of rotatable bonds is 3. The van der Waals surface area contributed by atoms with E-state index in [4.69, 9.17) is 10.5 Å². The van der Waals surface area contributed by atoms with E-state index in [0.717, 1.165) is 49.3 Å². The Hall–Kier alpha value is -2.02. The van der Waals surface area contributed by atoms with Gasteiger partial charge in [-0.25, -0.2) is 0 Å². The molecule has 18 heavy (non-hydrogen) atoms. The van der Waals surface area contributed by atoms with Crippen LogP contribution in [0.25, 0.3) is 0 Å². The van der Waals surface area contributed by atoms with Crippen molar-refractivity contribution in [3.63, 3.8) is 0 Å². The van der Waals surface area contributed by atoms with Gasteiger partial charge in [-0.3, -0.25) is 0 Å². The minimum Gasteiger partial charge on any atom is -0.411 e. The monoisotopic (exact) mass is 243 g/mol. The van der Waals surface area contributed by atoms with E-state index in [1.165, 1.54) is 0 Å². The van der Waals surface area contributed by atoms with Gasteiger partial charge in [0.1, 0.15) is 0 Å². The van der Waals surface area contributed by atoms with Gasteiger partial charge in [-0.1, -0.05) is 23.4 Å². The lowest BCUT2D eigenvalue weighted by molar-refractivity contribution is 0.318. The molecule has 0 radical (unpaired) electrons. The maximum Gasteiger partial charge on any atom is 0.0889 e. The van der Waals surface area contributed by atoms with Crippen molar-refractivity contribution in [3.05, 3.63) is 29.8 Å². The van der Waals surface area contributed by atoms with Gasteiger partial charge in [0.25, 0.3) is 0 Å². The van der Waals surface area contributed by atoms with E-state index in [1.54, 1.807) is 0 Å². The zero-order chi connectivity index (χ0) is 12.8. The Bertz CT molecular complexity index is 476. The number of hydrogen-bond donors (Lipinski definition) is 1. The topological polar surface area (TPSA) is 59.6 Å². The van der Waals surface area contributed by atoms with Crippen molar-refractivity contribution in [2.45, 2.75) is 25.7 Å². The fourth-order valence-corrected chi connectivity index (χ4v) is 2.37. The number of nitrogens with zero attached hydrogens (tertiary/aromatic N) is 3. The molecule has 1 aliphatic rings. The Morgan fingerprint density at radius 3 is 3.00 bits per heavy atom. The molecule has 4 heteroatoms. The summed E-state index contributed by atoms with van der Waals surface area (Å²) >= 11 is 0. The lowest BCUT2D eigenvalue weighted by Crippen LogP contribution is -2.25. The van der Waals surface area contributed by atoms with Gasteiger partial charge in [-0.15, -0.1) is 0 Å². The van der Waals surface area contributed by atoms with Crippen molar-refractivity contribution in [2.24, 2.45) is 5.16 Å². The number of para-hydroxylation sites is 1. The maximum absolute atomic E-state index is 9.09. The normalized spacial score (nSPS) is 17.1. The summed E-state index contributed by atoms with van der Waals surface area (Å²) < 4.78 is 0. The van der Waals surface area contributed by atoms with E-state index in [9.17, 15) is 0 Å². The molecule has 1 aliphatic heterocycles. The number of benzene rings is 1. The van der Waals surface area contributed by atoms with Crippen LogP contribution in [0.4, 0.5) is 5.69 Å². The molecular formula is C14H17N3O. The van der Waals surface area contributed by atoms with Gasteiger partial charge in [0, 0.05) is 30.8 Å². The van der Waals surface area contributed by atoms with Crippen LogP contribution in [-0.2, 0) is 0 Å². The summed E-state index contributed by atoms with van der Waals surface area (Å²) in [5.41, 5.74) is 2.88. The molecule has 1 heterocycles. The molecule has 94 valence electrons. The Labute approximate surface area is 107 Å². The highest BCUT2D eigenvalue weighted by molar-refractivity contribution is 6.05. The average molecular weight is 243 g/mol. The summed E-state index contributed by atoms with van der Waals surface area (Å²) in [7, 11) is 0. The molecular weight excluding hydrogens is 226 g/mol. The zero-order valence-corrected chi connectivity index (χ0v) is 10.3. The molecule has 2 rings (SSSR count). The smallest absolute Gasteiger partial charge is 0.0889 e. The number of nitriles is 1. The summed E-state index contributed by atoms with van der Waals surface area (Å²) in [4.78, 5) is 2.28. The first-order valence-electron chi connectivity index (χ1n) is 6.29. The van der Waals surface area contributed by atoms with Crippen LogP contribution in [0.1, 0.15) is 31.2 Å². The number of hydrogen-bond acceptors (Lipinski definition) is 4.